The molecule has 0 bridgehead atoms. The number of aryl methyl sites for hydroxylation is 1. The average Bonchev–Trinajstić information content (AvgIpc) is 3.36. The predicted molar refractivity (Wildman–Crippen MR) is 138 cm³/mol. The second-order valence-electron chi connectivity index (χ2n) is 8.69. The van der Waals surface area contributed by atoms with Gasteiger partial charge in [0.25, 0.3) is 5.91 Å². The van der Waals surface area contributed by atoms with E-state index < -0.39 is 0 Å². The summed E-state index contributed by atoms with van der Waals surface area (Å²) in [6.45, 7) is 4.97. The quantitative estimate of drug-likeness (QED) is 0.386. The minimum atomic E-state index is -0.316. The summed E-state index contributed by atoms with van der Waals surface area (Å²) in [6, 6.07) is 7.63. The highest BCUT2D eigenvalue weighted by atomic mass is 35.5. The summed E-state index contributed by atoms with van der Waals surface area (Å²) in [7, 11) is 1.92. The van der Waals surface area contributed by atoms with Gasteiger partial charge < -0.3 is 14.8 Å². The molecule has 0 aliphatic carbocycles. The van der Waals surface area contributed by atoms with E-state index in [9.17, 15) is 13.5 Å². The molecular formula is C24H23ClFN7O2S. The molecule has 1 aliphatic rings. The van der Waals surface area contributed by atoms with Crippen LogP contribution >= 0.6 is 23.9 Å². The maximum atomic E-state index is 13.3. The lowest BCUT2D eigenvalue weighted by Gasteiger charge is -2.31. The van der Waals surface area contributed by atoms with Crippen molar-refractivity contribution in [2.24, 2.45) is 13.0 Å². The molecule has 0 spiro atoms. The van der Waals surface area contributed by atoms with E-state index in [-0.39, 0.29) is 35.8 Å². The highest BCUT2D eigenvalue weighted by Crippen LogP contribution is 2.32. The second-order valence-corrected chi connectivity index (χ2v) is 9.66. The summed E-state index contributed by atoms with van der Waals surface area (Å²) >= 11 is 6.09. The van der Waals surface area contributed by atoms with Gasteiger partial charge in [-0.25, -0.2) is 13.9 Å². The number of halogens is 2. The first kappa shape index (κ1) is 25.5. The van der Waals surface area contributed by atoms with Gasteiger partial charge in [-0.2, -0.15) is 5.26 Å². The van der Waals surface area contributed by atoms with Crippen LogP contribution in [-0.2, 0) is 11.8 Å². The van der Waals surface area contributed by atoms with Crippen molar-refractivity contribution in [1.82, 2.24) is 28.7 Å². The monoisotopic (exact) mass is 527 g/mol. The lowest BCUT2D eigenvalue weighted by molar-refractivity contribution is -0.122. The van der Waals surface area contributed by atoms with Gasteiger partial charge in [-0.3, -0.25) is 9.59 Å². The van der Waals surface area contributed by atoms with Crippen LogP contribution in [0.5, 0.6) is 0 Å². The molecule has 36 heavy (non-hydrogen) atoms. The van der Waals surface area contributed by atoms with Crippen molar-refractivity contribution in [3.05, 3.63) is 47.4 Å². The fourth-order valence-corrected chi connectivity index (χ4v) is 4.40. The fraction of sp³-hybridized carbons (Fsp3) is 0.292. The number of nitriles is 1. The van der Waals surface area contributed by atoms with Crippen molar-refractivity contribution in [2.75, 3.05) is 13.1 Å². The Bertz CT molecular complexity index is 1490. The van der Waals surface area contributed by atoms with E-state index in [1.807, 2.05) is 49.9 Å². The molecule has 1 fully saturated rings. The largest absolute Gasteiger partial charge is 0.350 e. The average molecular weight is 528 g/mol. The van der Waals surface area contributed by atoms with E-state index in [4.69, 9.17) is 16.9 Å². The second kappa shape index (κ2) is 10.6. The molecule has 0 unspecified atom stereocenters. The molecule has 2 amide bonds. The first-order chi connectivity index (χ1) is 17.2. The molecule has 3 aromatic heterocycles. The van der Waals surface area contributed by atoms with E-state index in [2.05, 4.69) is 21.4 Å². The van der Waals surface area contributed by atoms with Gasteiger partial charge in [0.05, 0.1) is 29.4 Å². The maximum absolute atomic E-state index is 13.3. The van der Waals surface area contributed by atoms with E-state index >= 15 is 0 Å². The normalized spacial score (nSPS) is 13.3. The molecule has 1 aromatic carbocycles. The van der Waals surface area contributed by atoms with Crippen LogP contribution in [0.25, 0.3) is 33.3 Å². The van der Waals surface area contributed by atoms with Crippen LogP contribution in [0, 0.1) is 17.2 Å². The first-order valence-electron chi connectivity index (χ1n) is 11.1. The number of likely N-dealkylation sites (tertiary alicyclic amines) is 1. The predicted octanol–water partition coefficient (Wildman–Crippen LogP) is 4.36. The Morgan fingerprint density at radius 3 is 2.75 bits per heavy atom. The zero-order valence-corrected chi connectivity index (χ0v) is 21.3. The molecule has 4 heterocycles. The Balaban J connectivity index is 0.000000325. The topological polar surface area (TPSA) is 109 Å². The summed E-state index contributed by atoms with van der Waals surface area (Å²) in [5.41, 5.74) is 3.35. The highest BCUT2D eigenvalue weighted by Gasteiger charge is 2.24. The number of hydrogen-bond acceptors (Lipinski definition) is 6. The molecule has 186 valence electrons. The number of carbonyl (C=O) groups is 2. The Labute approximate surface area is 216 Å². The third kappa shape index (κ3) is 5.01. The fourth-order valence-electron chi connectivity index (χ4n) is 3.89. The summed E-state index contributed by atoms with van der Waals surface area (Å²) < 4.78 is 16.5. The number of amides is 2. The summed E-state index contributed by atoms with van der Waals surface area (Å²) in [5, 5.41) is 12.6. The molecule has 12 heteroatoms. The Kier molecular flexibility index (Phi) is 7.47. The van der Waals surface area contributed by atoms with E-state index in [1.54, 1.807) is 11.1 Å². The van der Waals surface area contributed by atoms with Crippen LogP contribution in [0.15, 0.2) is 36.8 Å². The third-order valence-corrected chi connectivity index (χ3v) is 6.33. The number of nitrogens with zero attached hydrogens (tertiary/aromatic N) is 6. The zero-order chi connectivity index (χ0) is 26.0. The van der Waals surface area contributed by atoms with Gasteiger partial charge in [0.2, 0.25) is 6.41 Å². The molecule has 4 aromatic rings. The van der Waals surface area contributed by atoms with Gasteiger partial charge in [-0.15, -0.1) is 3.89 Å². The Morgan fingerprint density at radius 1 is 1.36 bits per heavy atom. The highest BCUT2D eigenvalue weighted by molar-refractivity contribution is 7.92. The number of carbonyl (C=O) groups excluding carboxylic acids is 2. The molecule has 1 N–H and O–H groups in total. The summed E-state index contributed by atoms with van der Waals surface area (Å²) in [4.78, 5) is 33.0. The Morgan fingerprint density at radius 2 is 2.11 bits per heavy atom. The number of benzene rings is 1. The maximum Gasteiger partial charge on any atom is 0.255 e. The number of nitrogens with one attached hydrogen (secondary N) is 1. The number of rotatable bonds is 5. The number of hydrogen-bond donors (Lipinski definition) is 1. The van der Waals surface area contributed by atoms with Crippen LogP contribution in [0.4, 0.5) is 3.89 Å². The van der Waals surface area contributed by atoms with Crippen molar-refractivity contribution in [3.8, 4) is 17.3 Å². The van der Waals surface area contributed by atoms with Crippen LogP contribution in [0.3, 0.4) is 0 Å². The minimum absolute atomic E-state index is 0.0193. The first-order valence-corrected chi connectivity index (χ1v) is 12.1. The van der Waals surface area contributed by atoms with Crippen LogP contribution in [0.1, 0.15) is 24.2 Å². The van der Waals surface area contributed by atoms with Crippen LogP contribution < -0.4 is 5.32 Å². The molecule has 0 saturated carbocycles. The van der Waals surface area contributed by atoms with Crippen LogP contribution in [-0.4, -0.2) is 54.9 Å². The SMILES string of the molecule is CC(C)NC(=O)c1cn(SF)c2ncc(-c3cn(C)c4cc(Cl)ccc34)nc12.N#CC1CN(C=O)C1. The van der Waals surface area contributed by atoms with Gasteiger partial charge >= 0.3 is 0 Å². The summed E-state index contributed by atoms with van der Waals surface area (Å²) in [5.74, 6) is -0.218. The smallest absolute Gasteiger partial charge is 0.255 e. The zero-order valence-electron chi connectivity index (χ0n) is 19.8. The molecule has 0 atom stereocenters. The van der Waals surface area contributed by atoms with Gasteiger partial charge in [-0.1, -0.05) is 17.7 Å². The van der Waals surface area contributed by atoms with Crippen molar-refractivity contribution in [1.29, 1.82) is 5.26 Å². The van der Waals surface area contributed by atoms with Crippen molar-refractivity contribution in [3.63, 3.8) is 0 Å². The van der Waals surface area contributed by atoms with E-state index in [0.29, 0.717) is 35.0 Å². The third-order valence-electron chi connectivity index (χ3n) is 5.67. The standard InChI is InChI=1S/C19H17ClFN5OS.C5H6N2O/c1-10(2)23-19(27)14-9-26(28-21)18-17(14)24-15(7-22-18)13-8-25(3)16-6-11(20)4-5-12(13)16;6-1-5-2-7(3-5)4-8/h4-10H,1-3H3,(H,23,27);4-5H,2-3H2. The van der Waals surface area contributed by atoms with Gasteiger partial charge in [0.15, 0.2) is 18.0 Å². The molecule has 9 nitrogen and oxygen atoms in total. The number of fused-ring (bicyclic) bond motifs is 2. The molecule has 1 saturated heterocycles. The van der Waals surface area contributed by atoms with Gasteiger partial charge in [-0.05, 0) is 26.0 Å². The Hall–Kier alpha value is -3.62. The lowest BCUT2D eigenvalue weighted by Crippen LogP contribution is -2.44. The molecule has 1 aliphatic heterocycles. The van der Waals surface area contributed by atoms with Gasteiger partial charge in [0, 0.05) is 60.1 Å². The summed E-state index contributed by atoms with van der Waals surface area (Å²) in [6.07, 6.45) is 5.71. The molecule has 0 radical (unpaired) electrons. The van der Waals surface area contributed by atoms with Crippen molar-refractivity contribution >= 4 is 58.3 Å². The minimum Gasteiger partial charge on any atom is -0.350 e. The molecule has 5 rings (SSSR count). The van der Waals surface area contributed by atoms with E-state index in [1.165, 1.54) is 10.2 Å². The molecular weight excluding hydrogens is 505 g/mol. The van der Waals surface area contributed by atoms with Crippen molar-refractivity contribution < 1.29 is 13.5 Å². The van der Waals surface area contributed by atoms with Gasteiger partial charge in [0.1, 0.15) is 5.52 Å². The van der Waals surface area contributed by atoms with Crippen LogP contribution in [0.2, 0.25) is 5.02 Å². The van der Waals surface area contributed by atoms with E-state index in [0.717, 1.165) is 22.9 Å². The number of aromatic nitrogens is 4. The lowest BCUT2D eigenvalue weighted by atomic mass is 10.0. The van der Waals surface area contributed by atoms with Crippen molar-refractivity contribution in [2.45, 2.75) is 19.9 Å².